The van der Waals surface area contributed by atoms with Crippen LogP contribution in [0.2, 0.25) is 0 Å². The first-order valence-corrected chi connectivity index (χ1v) is 8.45. The minimum atomic E-state index is 0. The highest BCUT2D eigenvalue weighted by Crippen LogP contribution is 2.28. The number of halogens is 1. The third-order valence-corrected chi connectivity index (χ3v) is 4.91. The van der Waals surface area contributed by atoms with Crippen LogP contribution >= 0.6 is 12.4 Å². The van der Waals surface area contributed by atoms with Crippen LogP contribution in [0.3, 0.4) is 0 Å². The fraction of sp³-hybridized carbons (Fsp3) is 0.875. The van der Waals surface area contributed by atoms with E-state index in [0.717, 1.165) is 45.2 Å². The molecule has 1 saturated heterocycles. The Bertz CT molecular complexity index is 387. The summed E-state index contributed by atoms with van der Waals surface area (Å²) in [5.74, 6) is 0.612. The molecule has 0 aromatic heterocycles. The van der Waals surface area contributed by atoms with Crippen molar-refractivity contribution in [2.24, 2.45) is 11.7 Å². The molecule has 0 bridgehead atoms. The summed E-state index contributed by atoms with van der Waals surface area (Å²) in [6.45, 7) is 1.96. The van der Waals surface area contributed by atoms with E-state index in [-0.39, 0.29) is 36.4 Å². The quantitative estimate of drug-likeness (QED) is 0.752. The Morgan fingerprint density at radius 1 is 1.22 bits per heavy atom. The lowest BCUT2D eigenvalue weighted by Crippen LogP contribution is -2.42. The van der Waals surface area contributed by atoms with Gasteiger partial charge in [-0.1, -0.05) is 6.42 Å². The Morgan fingerprint density at radius 2 is 1.91 bits per heavy atom. The lowest BCUT2D eigenvalue weighted by Gasteiger charge is -2.33. The van der Waals surface area contributed by atoms with Crippen LogP contribution in [-0.2, 0) is 14.3 Å². The molecule has 2 amide bonds. The Kier molecular flexibility index (Phi) is 8.87. The second kappa shape index (κ2) is 10.1. The molecule has 1 saturated carbocycles. The number of rotatable bonds is 6. The van der Waals surface area contributed by atoms with Gasteiger partial charge < -0.3 is 20.7 Å². The molecule has 0 aromatic rings. The van der Waals surface area contributed by atoms with Crippen LogP contribution in [-0.4, -0.2) is 55.6 Å². The molecular formula is C16H30ClN3O3. The summed E-state index contributed by atoms with van der Waals surface area (Å²) in [7, 11) is 1.63. The minimum absolute atomic E-state index is 0. The highest BCUT2D eigenvalue weighted by Gasteiger charge is 2.29. The topological polar surface area (TPSA) is 84.7 Å². The number of ether oxygens (including phenoxy) is 1. The second-order valence-electron chi connectivity index (χ2n) is 6.43. The van der Waals surface area contributed by atoms with Crippen molar-refractivity contribution in [3.05, 3.63) is 0 Å². The molecule has 7 heteroatoms. The third-order valence-electron chi connectivity index (χ3n) is 4.91. The molecule has 2 rings (SSSR count). The van der Waals surface area contributed by atoms with Crippen LogP contribution in [0, 0.1) is 5.92 Å². The van der Waals surface area contributed by atoms with E-state index < -0.39 is 0 Å². The monoisotopic (exact) mass is 347 g/mol. The molecule has 2 aliphatic rings. The van der Waals surface area contributed by atoms with Gasteiger partial charge in [-0.15, -0.1) is 12.4 Å². The molecule has 2 fully saturated rings. The summed E-state index contributed by atoms with van der Waals surface area (Å²) >= 11 is 0. The number of likely N-dealkylation sites (tertiary alicyclic amines) is 1. The maximum absolute atomic E-state index is 12.3. The van der Waals surface area contributed by atoms with Gasteiger partial charge in [-0.3, -0.25) is 9.59 Å². The van der Waals surface area contributed by atoms with E-state index >= 15 is 0 Å². The highest BCUT2D eigenvalue weighted by molar-refractivity contribution is 5.85. The fourth-order valence-electron chi connectivity index (χ4n) is 3.39. The first-order valence-electron chi connectivity index (χ1n) is 8.45. The molecule has 1 aliphatic heterocycles. The molecule has 3 N–H and O–H groups in total. The summed E-state index contributed by atoms with van der Waals surface area (Å²) in [6.07, 6.45) is 6.18. The molecule has 0 spiro atoms. The Balaban J connectivity index is 0.00000264. The van der Waals surface area contributed by atoms with Crippen LogP contribution in [0.25, 0.3) is 0 Å². The Hall–Kier alpha value is -0.850. The van der Waals surface area contributed by atoms with Gasteiger partial charge in [0, 0.05) is 39.0 Å². The van der Waals surface area contributed by atoms with E-state index in [2.05, 4.69) is 5.32 Å². The number of nitrogens with one attached hydrogen (secondary N) is 1. The molecule has 0 radical (unpaired) electrons. The summed E-state index contributed by atoms with van der Waals surface area (Å²) in [4.78, 5) is 25.4. The van der Waals surface area contributed by atoms with Gasteiger partial charge in [-0.05, 0) is 31.6 Å². The van der Waals surface area contributed by atoms with Gasteiger partial charge in [-0.2, -0.15) is 0 Å². The number of hydrogen-bond donors (Lipinski definition) is 2. The van der Waals surface area contributed by atoms with Crippen LogP contribution in [0.5, 0.6) is 0 Å². The van der Waals surface area contributed by atoms with Crippen LogP contribution in [0.1, 0.15) is 44.9 Å². The van der Waals surface area contributed by atoms with Gasteiger partial charge in [0.1, 0.15) is 0 Å². The number of hydrogen-bond acceptors (Lipinski definition) is 4. The van der Waals surface area contributed by atoms with Gasteiger partial charge in [0.05, 0.1) is 12.7 Å². The van der Waals surface area contributed by atoms with Crippen molar-refractivity contribution >= 4 is 24.2 Å². The van der Waals surface area contributed by atoms with Crippen LogP contribution in [0.15, 0.2) is 0 Å². The van der Waals surface area contributed by atoms with Crippen LogP contribution in [0.4, 0.5) is 0 Å². The Morgan fingerprint density at radius 3 is 2.48 bits per heavy atom. The lowest BCUT2D eigenvalue weighted by atomic mass is 9.98. The van der Waals surface area contributed by atoms with Crippen molar-refractivity contribution in [2.45, 2.75) is 57.1 Å². The fourth-order valence-corrected chi connectivity index (χ4v) is 3.39. The van der Waals surface area contributed by atoms with Crippen molar-refractivity contribution in [1.82, 2.24) is 10.2 Å². The standard InChI is InChI=1S/C16H29N3O3.ClH/c1-18-15(20)7-10-22-13-5-8-19(9-6-13)16(21)11-12-3-2-4-14(12)17;/h12-14H,2-11,17H2,1H3,(H,18,20);1H/t12-,14+;/m0./s1. The zero-order valence-electron chi connectivity index (χ0n) is 14.0. The molecule has 134 valence electrons. The zero-order valence-corrected chi connectivity index (χ0v) is 14.8. The number of nitrogens with zero attached hydrogens (tertiary/aromatic N) is 1. The Labute approximate surface area is 144 Å². The van der Waals surface area contributed by atoms with Crippen molar-refractivity contribution in [1.29, 1.82) is 0 Å². The smallest absolute Gasteiger partial charge is 0.222 e. The molecule has 1 heterocycles. The van der Waals surface area contributed by atoms with E-state index in [0.29, 0.717) is 25.4 Å². The minimum Gasteiger partial charge on any atom is -0.378 e. The predicted molar refractivity (Wildman–Crippen MR) is 91.4 cm³/mol. The van der Waals surface area contributed by atoms with E-state index in [4.69, 9.17) is 10.5 Å². The normalized spacial score (nSPS) is 25.0. The number of carbonyl (C=O) groups excluding carboxylic acids is 2. The lowest BCUT2D eigenvalue weighted by molar-refractivity contribution is -0.135. The number of piperidine rings is 1. The van der Waals surface area contributed by atoms with E-state index in [1.54, 1.807) is 7.05 Å². The van der Waals surface area contributed by atoms with Gasteiger partial charge >= 0.3 is 0 Å². The van der Waals surface area contributed by atoms with Crippen LogP contribution < -0.4 is 11.1 Å². The van der Waals surface area contributed by atoms with Crippen molar-refractivity contribution in [2.75, 3.05) is 26.7 Å². The predicted octanol–water partition coefficient (Wildman–Crippen LogP) is 1.07. The van der Waals surface area contributed by atoms with Gasteiger partial charge in [-0.25, -0.2) is 0 Å². The van der Waals surface area contributed by atoms with Crippen molar-refractivity contribution in [3.8, 4) is 0 Å². The number of nitrogens with two attached hydrogens (primary N) is 1. The van der Waals surface area contributed by atoms with Gasteiger partial charge in [0.15, 0.2) is 0 Å². The molecule has 1 aliphatic carbocycles. The largest absolute Gasteiger partial charge is 0.378 e. The maximum atomic E-state index is 12.3. The number of amides is 2. The molecule has 23 heavy (non-hydrogen) atoms. The first-order chi connectivity index (χ1) is 10.6. The van der Waals surface area contributed by atoms with Gasteiger partial charge in [0.2, 0.25) is 11.8 Å². The van der Waals surface area contributed by atoms with Gasteiger partial charge in [0.25, 0.3) is 0 Å². The van der Waals surface area contributed by atoms with E-state index in [9.17, 15) is 9.59 Å². The van der Waals surface area contributed by atoms with Crippen molar-refractivity contribution in [3.63, 3.8) is 0 Å². The van der Waals surface area contributed by atoms with Crippen molar-refractivity contribution < 1.29 is 14.3 Å². The average molecular weight is 348 g/mol. The summed E-state index contributed by atoms with van der Waals surface area (Å²) in [5, 5.41) is 2.58. The highest BCUT2D eigenvalue weighted by atomic mass is 35.5. The molecule has 0 unspecified atom stereocenters. The molecular weight excluding hydrogens is 318 g/mol. The maximum Gasteiger partial charge on any atom is 0.222 e. The summed E-state index contributed by atoms with van der Waals surface area (Å²) in [5.41, 5.74) is 6.05. The SMILES string of the molecule is CNC(=O)CCOC1CCN(C(=O)C[C@@H]2CCC[C@H]2N)CC1.Cl. The average Bonchev–Trinajstić information content (AvgIpc) is 2.93. The number of carbonyl (C=O) groups is 2. The molecule has 2 atom stereocenters. The second-order valence-corrected chi connectivity index (χ2v) is 6.43. The van der Waals surface area contributed by atoms with E-state index in [1.165, 1.54) is 0 Å². The molecule has 6 nitrogen and oxygen atoms in total. The summed E-state index contributed by atoms with van der Waals surface area (Å²) < 4.78 is 5.72. The zero-order chi connectivity index (χ0) is 15.9. The molecule has 0 aromatic carbocycles. The third kappa shape index (κ3) is 6.28. The van der Waals surface area contributed by atoms with E-state index in [1.807, 2.05) is 4.90 Å². The summed E-state index contributed by atoms with van der Waals surface area (Å²) in [6, 6.07) is 0.203. The first kappa shape index (κ1) is 20.2.